The molecule has 1 atom stereocenters. The Hall–Kier alpha value is -1.83. The quantitative estimate of drug-likeness (QED) is 0.419. The molecule has 1 unspecified atom stereocenters. The van der Waals surface area contributed by atoms with Gasteiger partial charge in [-0.25, -0.2) is 0 Å². The lowest BCUT2D eigenvalue weighted by atomic mass is 10.2. The highest BCUT2D eigenvalue weighted by molar-refractivity contribution is 9.10. The van der Waals surface area contributed by atoms with Crippen LogP contribution in [0.3, 0.4) is 0 Å². The Kier molecular flexibility index (Phi) is 6.12. The zero-order valence-electron chi connectivity index (χ0n) is 13.8. The highest BCUT2D eigenvalue weighted by Crippen LogP contribution is 2.29. The summed E-state index contributed by atoms with van der Waals surface area (Å²) in [6.45, 7) is 1.09. The number of aliphatic hydroxyl groups is 1. The van der Waals surface area contributed by atoms with Crippen molar-refractivity contribution >= 4 is 43.3 Å². The zero-order chi connectivity index (χ0) is 17.6. The number of furan rings is 1. The smallest absolute Gasteiger partial charge is 0.191 e. The minimum atomic E-state index is -0.572. The van der Waals surface area contributed by atoms with E-state index in [4.69, 9.17) is 4.42 Å². The molecule has 0 amide bonds. The summed E-state index contributed by atoms with van der Waals surface area (Å²) in [5, 5.41) is 18.0. The van der Waals surface area contributed by atoms with Crippen LogP contribution < -0.4 is 10.6 Å². The number of benzene rings is 1. The molecule has 0 bridgehead atoms. The number of nitrogens with zero attached hydrogens (tertiary/aromatic N) is 1. The molecule has 3 N–H and O–H groups in total. The first-order valence-electron chi connectivity index (χ1n) is 8.01. The first-order chi connectivity index (χ1) is 12.2. The molecule has 3 aromatic rings. The standard InChI is InChI=1S/C18H20BrN3O2S/c1-20-18(21-9-8-13-6-7-17(19)24-13)22-11-14(23)16-10-12-4-2-3-5-15(12)25-16/h2-7,10,14,23H,8-9,11H2,1H3,(H2,20,21,22). The predicted molar refractivity (Wildman–Crippen MR) is 106 cm³/mol. The van der Waals surface area contributed by atoms with Crippen LogP contribution in [-0.4, -0.2) is 31.2 Å². The first kappa shape index (κ1) is 18.0. The van der Waals surface area contributed by atoms with E-state index in [0.29, 0.717) is 19.0 Å². The van der Waals surface area contributed by atoms with Crippen LogP contribution in [0.1, 0.15) is 16.7 Å². The van der Waals surface area contributed by atoms with Crippen LogP contribution in [-0.2, 0) is 6.42 Å². The summed E-state index contributed by atoms with van der Waals surface area (Å²) in [6, 6.07) is 14.0. The van der Waals surface area contributed by atoms with E-state index in [1.807, 2.05) is 30.3 Å². The van der Waals surface area contributed by atoms with Crippen LogP contribution in [0, 0.1) is 0 Å². The average molecular weight is 422 g/mol. The van der Waals surface area contributed by atoms with E-state index >= 15 is 0 Å². The fraction of sp³-hybridized carbons (Fsp3) is 0.278. The number of hydrogen-bond acceptors (Lipinski definition) is 4. The lowest BCUT2D eigenvalue weighted by Crippen LogP contribution is -2.40. The van der Waals surface area contributed by atoms with Gasteiger partial charge in [0, 0.05) is 36.1 Å². The molecular weight excluding hydrogens is 402 g/mol. The monoisotopic (exact) mass is 421 g/mol. The number of nitrogens with one attached hydrogen (secondary N) is 2. The van der Waals surface area contributed by atoms with Crippen molar-refractivity contribution in [2.24, 2.45) is 4.99 Å². The normalized spacial score (nSPS) is 13.2. The van der Waals surface area contributed by atoms with E-state index in [2.05, 4.69) is 43.7 Å². The Labute approximate surface area is 158 Å². The second kappa shape index (κ2) is 8.51. The molecule has 0 saturated heterocycles. The zero-order valence-corrected chi connectivity index (χ0v) is 16.2. The molecule has 0 spiro atoms. The summed E-state index contributed by atoms with van der Waals surface area (Å²) in [5.41, 5.74) is 0. The van der Waals surface area contributed by atoms with Crippen molar-refractivity contribution in [2.75, 3.05) is 20.1 Å². The summed E-state index contributed by atoms with van der Waals surface area (Å²) >= 11 is 4.91. The van der Waals surface area contributed by atoms with E-state index in [9.17, 15) is 5.11 Å². The van der Waals surface area contributed by atoms with Crippen molar-refractivity contribution in [3.05, 3.63) is 57.8 Å². The summed E-state index contributed by atoms with van der Waals surface area (Å²) in [5.74, 6) is 1.56. The van der Waals surface area contributed by atoms with Gasteiger partial charge in [0.15, 0.2) is 10.6 Å². The van der Waals surface area contributed by atoms with Crippen molar-refractivity contribution in [1.29, 1.82) is 0 Å². The summed E-state index contributed by atoms with van der Waals surface area (Å²) < 4.78 is 7.38. The third-order valence-electron chi connectivity index (χ3n) is 3.75. The van der Waals surface area contributed by atoms with Gasteiger partial charge in [-0.15, -0.1) is 11.3 Å². The van der Waals surface area contributed by atoms with Gasteiger partial charge in [0.25, 0.3) is 0 Å². The number of thiophene rings is 1. The molecule has 5 nitrogen and oxygen atoms in total. The molecule has 0 fully saturated rings. The fourth-order valence-electron chi connectivity index (χ4n) is 2.47. The van der Waals surface area contributed by atoms with Crippen molar-refractivity contribution in [3.8, 4) is 0 Å². The largest absolute Gasteiger partial charge is 0.454 e. The van der Waals surface area contributed by atoms with Gasteiger partial charge in [-0.2, -0.15) is 0 Å². The third-order valence-corrected chi connectivity index (χ3v) is 5.40. The van der Waals surface area contributed by atoms with Gasteiger partial charge in [0.1, 0.15) is 11.9 Å². The number of fused-ring (bicyclic) bond motifs is 1. The van der Waals surface area contributed by atoms with E-state index in [1.165, 1.54) is 4.70 Å². The average Bonchev–Trinajstić information content (AvgIpc) is 3.23. The molecule has 0 aliphatic heterocycles. The van der Waals surface area contributed by atoms with Crippen LogP contribution in [0.25, 0.3) is 10.1 Å². The van der Waals surface area contributed by atoms with Crippen molar-refractivity contribution < 1.29 is 9.52 Å². The van der Waals surface area contributed by atoms with Gasteiger partial charge in [-0.05, 0) is 45.6 Å². The highest BCUT2D eigenvalue weighted by atomic mass is 79.9. The SMILES string of the molecule is CN=C(NCCc1ccc(Br)o1)NCC(O)c1cc2ccccc2s1. The van der Waals surface area contributed by atoms with Crippen LogP contribution in [0.15, 0.2) is 56.5 Å². The third kappa shape index (κ3) is 4.84. The molecule has 3 rings (SSSR count). The second-order valence-corrected chi connectivity index (χ2v) is 7.44. The molecular formula is C18H20BrN3O2S. The van der Waals surface area contributed by atoms with E-state index in [-0.39, 0.29) is 0 Å². The van der Waals surface area contributed by atoms with Crippen molar-refractivity contribution in [3.63, 3.8) is 0 Å². The van der Waals surface area contributed by atoms with E-state index in [0.717, 1.165) is 27.1 Å². The lowest BCUT2D eigenvalue weighted by Gasteiger charge is -2.14. The number of halogens is 1. The van der Waals surface area contributed by atoms with Crippen molar-refractivity contribution in [2.45, 2.75) is 12.5 Å². The van der Waals surface area contributed by atoms with E-state index in [1.54, 1.807) is 18.4 Å². The minimum Gasteiger partial charge on any atom is -0.454 e. The molecule has 25 heavy (non-hydrogen) atoms. The molecule has 7 heteroatoms. The molecule has 0 aliphatic carbocycles. The molecule has 0 saturated carbocycles. The van der Waals surface area contributed by atoms with Gasteiger partial charge >= 0.3 is 0 Å². The van der Waals surface area contributed by atoms with Gasteiger partial charge in [0.2, 0.25) is 0 Å². The molecule has 2 aromatic heterocycles. The maximum atomic E-state index is 10.4. The number of hydrogen-bond donors (Lipinski definition) is 3. The fourth-order valence-corrected chi connectivity index (χ4v) is 3.86. The predicted octanol–water partition coefficient (Wildman–Crippen LogP) is 3.70. The van der Waals surface area contributed by atoms with E-state index < -0.39 is 6.10 Å². The summed E-state index contributed by atoms with van der Waals surface area (Å²) in [4.78, 5) is 5.13. The van der Waals surface area contributed by atoms with Crippen molar-refractivity contribution in [1.82, 2.24) is 10.6 Å². The minimum absolute atomic E-state index is 0.402. The van der Waals surface area contributed by atoms with Gasteiger partial charge in [0.05, 0.1) is 0 Å². The first-order valence-corrected chi connectivity index (χ1v) is 9.62. The van der Waals surface area contributed by atoms with Crippen LogP contribution in [0.4, 0.5) is 0 Å². The lowest BCUT2D eigenvalue weighted by molar-refractivity contribution is 0.184. The molecule has 1 aromatic carbocycles. The number of rotatable bonds is 6. The van der Waals surface area contributed by atoms with Crippen LogP contribution >= 0.6 is 27.3 Å². The summed E-state index contributed by atoms with van der Waals surface area (Å²) in [6.07, 6.45) is 0.183. The van der Waals surface area contributed by atoms with Gasteiger partial charge < -0.3 is 20.2 Å². The van der Waals surface area contributed by atoms with Crippen LogP contribution in [0.2, 0.25) is 0 Å². The Morgan fingerprint density at radius 1 is 1.28 bits per heavy atom. The number of aliphatic hydroxyl groups excluding tert-OH is 1. The van der Waals surface area contributed by atoms with Gasteiger partial charge in [-0.1, -0.05) is 18.2 Å². The molecule has 0 aliphatic rings. The topological polar surface area (TPSA) is 69.8 Å². The Morgan fingerprint density at radius 3 is 2.84 bits per heavy atom. The Balaban J connectivity index is 1.48. The van der Waals surface area contributed by atoms with Crippen LogP contribution in [0.5, 0.6) is 0 Å². The Bertz CT molecular complexity index is 826. The maximum absolute atomic E-state index is 10.4. The number of aliphatic imine (C=N–C) groups is 1. The maximum Gasteiger partial charge on any atom is 0.191 e. The molecule has 0 radical (unpaired) electrons. The van der Waals surface area contributed by atoms with Gasteiger partial charge in [-0.3, -0.25) is 4.99 Å². The molecule has 2 heterocycles. The Morgan fingerprint density at radius 2 is 2.12 bits per heavy atom. The number of guanidine groups is 1. The highest BCUT2D eigenvalue weighted by Gasteiger charge is 2.12. The second-order valence-electron chi connectivity index (χ2n) is 5.54. The summed E-state index contributed by atoms with van der Waals surface area (Å²) in [7, 11) is 1.71. The molecule has 132 valence electrons.